The Kier molecular flexibility index (Phi) is 4.00. The molecule has 2 aromatic carbocycles. The van der Waals surface area contributed by atoms with E-state index in [4.69, 9.17) is 11.6 Å². The van der Waals surface area contributed by atoms with Crippen LogP contribution < -0.4 is 0 Å². The smallest absolute Gasteiger partial charge is 0.175 e. The van der Waals surface area contributed by atoms with Crippen molar-refractivity contribution in [3.63, 3.8) is 0 Å². The Balaban J connectivity index is 2.18. The molecule has 0 atom stereocenters. The first-order chi connectivity index (χ1) is 8.45. The lowest BCUT2D eigenvalue weighted by Gasteiger charge is -2.03. The Labute approximate surface area is 116 Å². The quantitative estimate of drug-likeness (QED) is 0.862. The van der Waals surface area contributed by atoms with Crippen LogP contribution >= 0.6 is 23.4 Å². The highest BCUT2D eigenvalue weighted by Crippen LogP contribution is 2.29. The second kappa shape index (κ2) is 5.34. The lowest BCUT2D eigenvalue weighted by Crippen LogP contribution is -1.95. The van der Waals surface area contributed by atoms with Crippen LogP contribution in [0.3, 0.4) is 0 Å². The van der Waals surface area contributed by atoms with Crippen LogP contribution in [-0.4, -0.2) is 14.7 Å². The Morgan fingerprint density at radius 3 is 1.78 bits per heavy atom. The first-order valence-corrected chi connectivity index (χ1v) is 8.27. The third-order valence-corrected chi connectivity index (χ3v) is 4.70. The van der Waals surface area contributed by atoms with Gasteiger partial charge in [0.05, 0.1) is 4.90 Å². The van der Waals surface area contributed by atoms with E-state index in [9.17, 15) is 8.42 Å². The molecule has 0 amide bonds. The zero-order valence-electron chi connectivity index (χ0n) is 9.63. The number of hydrogen-bond acceptors (Lipinski definition) is 3. The molecule has 2 nitrogen and oxygen atoms in total. The zero-order chi connectivity index (χ0) is 13.2. The van der Waals surface area contributed by atoms with Crippen molar-refractivity contribution in [1.82, 2.24) is 0 Å². The van der Waals surface area contributed by atoms with Gasteiger partial charge >= 0.3 is 0 Å². The van der Waals surface area contributed by atoms with Gasteiger partial charge in [-0.3, -0.25) is 0 Å². The van der Waals surface area contributed by atoms with Gasteiger partial charge in [0.15, 0.2) is 9.84 Å². The summed E-state index contributed by atoms with van der Waals surface area (Å²) < 4.78 is 22.6. The summed E-state index contributed by atoms with van der Waals surface area (Å²) in [5, 5.41) is 0.701. The van der Waals surface area contributed by atoms with Gasteiger partial charge in [-0.15, -0.1) is 0 Å². The van der Waals surface area contributed by atoms with Gasteiger partial charge in [-0.1, -0.05) is 23.4 Å². The van der Waals surface area contributed by atoms with Gasteiger partial charge < -0.3 is 0 Å². The highest BCUT2D eigenvalue weighted by atomic mass is 35.5. The monoisotopic (exact) mass is 298 g/mol. The SMILES string of the molecule is CS(=O)(=O)c1ccc(Sc2ccc(Cl)cc2)cc1. The molecule has 0 fully saturated rings. The second-order valence-corrected chi connectivity index (χ2v) is 7.40. The number of halogens is 1. The molecule has 0 saturated heterocycles. The van der Waals surface area contributed by atoms with E-state index in [0.717, 1.165) is 9.79 Å². The maximum absolute atomic E-state index is 11.3. The molecule has 0 unspecified atom stereocenters. The van der Waals surface area contributed by atoms with Crippen LogP contribution in [0.25, 0.3) is 0 Å². The van der Waals surface area contributed by atoms with Crippen LogP contribution in [-0.2, 0) is 9.84 Å². The summed E-state index contributed by atoms with van der Waals surface area (Å²) in [4.78, 5) is 2.39. The molecule has 2 aromatic rings. The van der Waals surface area contributed by atoms with Gasteiger partial charge in [-0.05, 0) is 48.5 Å². The fourth-order valence-corrected chi connectivity index (χ4v) is 2.97. The van der Waals surface area contributed by atoms with Crippen LogP contribution in [0.4, 0.5) is 0 Å². The van der Waals surface area contributed by atoms with Gasteiger partial charge in [-0.25, -0.2) is 8.42 Å². The first kappa shape index (κ1) is 13.5. The maximum atomic E-state index is 11.3. The van der Waals surface area contributed by atoms with E-state index in [-0.39, 0.29) is 0 Å². The fourth-order valence-electron chi connectivity index (χ4n) is 1.39. The minimum Gasteiger partial charge on any atom is -0.224 e. The number of sulfone groups is 1. The fraction of sp³-hybridized carbons (Fsp3) is 0.0769. The van der Waals surface area contributed by atoms with E-state index in [0.29, 0.717) is 9.92 Å². The van der Waals surface area contributed by atoms with Crippen LogP contribution in [0.15, 0.2) is 63.2 Å². The minimum atomic E-state index is -3.12. The third-order valence-electron chi connectivity index (χ3n) is 2.30. The van der Waals surface area contributed by atoms with Gasteiger partial charge in [0.2, 0.25) is 0 Å². The van der Waals surface area contributed by atoms with Gasteiger partial charge in [0, 0.05) is 21.1 Å². The molecular weight excluding hydrogens is 288 g/mol. The van der Waals surface area contributed by atoms with E-state index >= 15 is 0 Å². The van der Waals surface area contributed by atoms with E-state index in [2.05, 4.69) is 0 Å². The second-order valence-electron chi connectivity index (χ2n) is 3.80. The Morgan fingerprint density at radius 2 is 1.33 bits per heavy atom. The van der Waals surface area contributed by atoms with Crippen molar-refractivity contribution in [2.45, 2.75) is 14.7 Å². The van der Waals surface area contributed by atoms with E-state index in [1.807, 2.05) is 24.3 Å². The Bertz CT molecular complexity index is 632. The molecule has 0 N–H and O–H groups in total. The molecule has 2 rings (SSSR count). The largest absolute Gasteiger partial charge is 0.224 e. The van der Waals surface area contributed by atoms with Crippen molar-refractivity contribution >= 4 is 33.2 Å². The van der Waals surface area contributed by atoms with Gasteiger partial charge in [-0.2, -0.15) is 0 Å². The summed E-state index contributed by atoms with van der Waals surface area (Å²) in [6.45, 7) is 0. The van der Waals surface area contributed by atoms with Crippen molar-refractivity contribution in [3.05, 3.63) is 53.6 Å². The Morgan fingerprint density at radius 1 is 0.889 bits per heavy atom. The first-order valence-electron chi connectivity index (χ1n) is 5.19. The molecule has 0 saturated carbocycles. The lowest BCUT2D eigenvalue weighted by atomic mass is 10.4. The maximum Gasteiger partial charge on any atom is 0.175 e. The molecule has 0 aromatic heterocycles. The molecular formula is C13H11ClO2S2. The summed E-state index contributed by atoms with van der Waals surface area (Å²) in [7, 11) is -3.12. The predicted molar refractivity (Wildman–Crippen MR) is 75.1 cm³/mol. The molecule has 94 valence electrons. The summed E-state index contributed by atoms with van der Waals surface area (Å²) in [5.74, 6) is 0. The highest BCUT2D eigenvalue weighted by Gasteiger charge is 2.06. The molecule has 5 heteroatoms. The van der Waals surface area contributed by atoms with Crippen molar-refractivity contribution in [2.75, 3.05) is 6.26 Å². The van der Waals surface area contributed by atoms with Crippen molar-refractivity contribution < 1.29 is 8.42 Å². The molecule has 0 aliphatic rings. The highest BCUT2D eigenvalue weighted by molar-refractivity contribution is 7.99. The summed E-state index contributed by atoms with van der Waals surface area (Å²) >= 11 is 7.37. The normalized spacial score (nSPS) is 11.4. The van der Waals surface area contributed by atoms with Crippen LogP contribution in [0.1, 0.15) is 0 Å². The molecule has 0 bridgehead atoms. The van der Waals surface area contributed by atoms with Crippen LogP contribution in [0, 0.1) is 0 Å². The lowest BCUT2D eigenvalue weighted by molar-refractivity contribution is 0.602. The van der Waals surface area contributed by atoms with E-state index in [1.165, 1.54) is 6.26 Å². The predicted octanol–water partition coefficient (Wildman–Crippen LogP) is 3.89. The van der Waals surface area contributed by atoms with Crippen molar-refractivity contribution in [3.8, 4) is 0 Å². The molecule has 0 heterocycles. The number of benzene rings is 2. The van der Waals surface area contributed by atoms with Gasteiger partial charge in [0.25, 0.3) is 0 Å². The van der Waals surface area contributed by atoms with Crippen LogP contribution in [0.2, 0.25) is 5.02 Å². The van der Waals surface area contributed by atoms with E-state index in [1.54, 1.807) is 36.0 Å². The molecule has 0 spiro atoms. The summed E-state index contributed by atoms with van der Waals surface area (Å²) in [6, 6.07) is 14.4. The van der Waals surface area contributed by atoms with Crippen molar-refractivity contribution in [2.24, 2.45) is 0 Å². The van der Waals surface area contributed by atoms with E-state index < -0.39 is 9.84 Å². The zero-order valence-corrected chi connectivity index (χ0v) is 12.0. The average Bonchev–Trinajstić information content (AvgIpc) is 2.32. The number of rotatable bonds is 3. The topological polar surface area (TPSA) is 34.1 Å². The molecule has 0 radical (unpaired) electrons. The molecule has 0 aliphatic carbocycles. The average molecular weight is 299 g/mol. The Hall–Kier alpha value is -0.970. The number of hydrogen-bond donors (Lipinski definition) is 0. The van der Waals surface area contributed by atoms with Gasteiger partial charge in [0.1, 0.15) is 0 Å². The minimum absolute atomic E-state index is 0.336. The summed E-state index contributed by atoms with van der Waals surface area (Å²) in [5.41, 5.74) is 0. The third kappa shape index (κ3) is 3.51. The van der Waals surface area contributed by atoms with Crippen LogP contribution in [0.5, 0.6) is 0 Å². The standard InChI is InChI=1S/C13H11ClO2S2/c1-18(15,16)13-8-6-12(7-9-13)17-11-4-2-10(14)3-5-11/h2-9H,1H3. The van der Waals surface area contributed by atoms with Crippen molar-refractivity contribution in [1.29, 1.82) is 0 Å². The molecule has 18 heavy (non-hydrogen) atoms. The summed E-state index contributed by atoms with van der Waals surface area (Å²) in [6.07, 6.45) is 1.20. The molecule has 0 aliphatic heterocycles.